The Kier molecular flexibility index (Phi) is 5.63. The molecule has 0 aromatic heterocycles. The van der Waals surface area contributed by atoms with E-state index < -0.39 is 0 Å². The van der Waals surface area contributed by atoms with Gasteiger partial charge in [-0.1, -0.05) is 52.7 Å². The summed E-state index contributed by atoms with van der Waals surface area (Å²) in [7, 11) is 0. The topological polar surface area (TPSA) is 29.1 Å². The van der Waals surface area contributed by atoms with Gasteiger partial charge in [-0.05, 0) is 62.2 Å². The lowest BCUT2D eigenvalue weighted by Gasteiger charge is -2.51. The van der Waals surface area contributed by atoms with E-state index in [1.165, 1.54) is 18.4 Å². The van der Waals surface area contributed by atoms with E-state index in [0.717, 1.165) is 18.8 Å². The van der Waals surface area contributed by atoms with Crippen LogP contribution in [-0.4, -0.2) is 11.9 Å². The maximum atomic E-state index is 12.9. The van der Waals surface area contributed by atoms with Gasteiger partial charge in [0, 0.05) is 12.0 Å². The van der Waals surface area contributed by atoms with Crippen molar-refractivity contribution in [1.82, 2.24) is 5.32 Å². The van der Waals surface area contributed by atoms with Gasteiger partial charge in [-0.2, -0.15) is 0 Å². The molecule has 0 spiro atoms. The molecule has 0 aromatic carbocycles. The standard InChI is InChI=1S/C21H37NO/c1-13(2)10-16-12-18(21(16,6)7)20(23)22-19-11-15(5)8-9-17(19)14(3)4/h10,14-19H,8-9,11-12H2,1-7H3,(H,22,23)/t15-,16+,17+,18+,19+/m0/s1. The first-order valence-electron chi connectivity index (χ1n) is 9.58. The van der Waals surface area contributed by atoms with E-state index in [-0.39, 0.29) is 11.3 Å². The zero-order chi connectivity index (χ0) is 17.4. The molecule has 2 rings (SSSR count). The first-order chi connectivity index (χ1) is 10.6. The zero-order valence-corrected chi connectivity index (χ0v) is 16.3. The molecule has 0 aromatic rings. The lowest BCUT2D eigenvalue weighted by molar-refractivity contribution is -0.139. The smallest absolute Gasteiger partial charge is 0.223 e. The monoisotopic (exact) mass is 319 g/mol. The van der Waals surface area contributed by atoms with Crippen LogP contribution in [0.1, 0.15) is 74.1 Å². The van der Waals surface area contributed by atoms with E-state index in [4.69, 9.17) is 0 Å². The van der Waals surface area contributed by atoms with Crippen molar-refractivity contribution in [3.05, 3.63) is 11.6 Å². The number of carbonyl (C=O) groups excluding carboxylic acids is 1. The average Bonchev–Trinajstić information content (AvgIpc) is 2.42. The molecule has 0 aliphatic heterocycles. The van der Waals surface area contributed by atoms with E-state index in [0.29, 0.717) is 29.7 Å². The molecule has 0 saturated heterocycles. The average molecular weight is 320 g/mol. The van der Waals surface area contributed by atoms with Crippen LogP contribution in [0.3, 0.4) is 0 Å². The highest BCUT2D eigenvalue weighted by Crippen LogP contribution is 2.52. The molecule has 23 heavy (non-hydrogen) atoms. The van der Waals surface area contributed by atoms with Crippen molar-refractivity contribution in [1.29, 1.82) is 0 Å². The van der Waals surface area contributed by atoms with Crippen molar-refractivity contribution < 1.29 is 4.79 Å². The first kappa shape index (κ1) is 18.5. The second-order valence-electron chi connectivity index (χ2n) is 9.40. The lowest BCUT2D eigenvalue weighted by Crippen LogP contribution is -2.55. The van der Waals surface area contributed by atoms with Gasteiger partial charge < -0.3 is 5.32 Å². The molecular formula is C21H37NO. The summed E-state index contributed by atoms with van der Waals surface area (Å²) in [4.78, 5) is 12.9. The van der Waals surface area contributed by atoms with Gasteiger partial charge in [0.05, 0.1) is 0 Å². The van der Waals surface area contributed by atoms with Crippen LogP contribution >= 0.6 is 0 Å². The first-order valence-corrected chi connectivity index (χ1v) is 9.58. The molecule has 0 unspecified atom stereocenters. The van der Waals surface area contributed by atoms with Crippen LogP contribution in [-0.2, 0) is 4.79 Å². The normalized spacial score (nSPS) is 36.3. The SMILES string of the molecule is CC(C)=C[C@@H]1C[C@H](C(=O)N[C@@H]2C[C@@H](C)CC[C@@H]2C(C)C)C1(C)C. The molecule has 2 heteroatoms. The summed E-state index contributed by atoms with van der Waals surface area (Å²) in [5, 5.41) is 3.45. The van der Waals surface area contributed by atoms with Crippen molar-refractivity contribution in [2.24, 2.45) is 35.0 Å². The molecule has 0 heterocycles. The van der Waals surface area contributed by atoms with Gasteiger partial charge in [-0.25, -0.2) is 0 Å². The third-order valence-corrected chi connectivity index (χ3v) is 6.54. The highest BCUT2D eigenvalue weighted by Gasteiger charge is 2.51. The summed E-state index contributed by atoms with van der Waals surface area (Å²) in [6, 6.07) is 0.379. The molecule has 2 aliphatic carbocycles. The van der Waals surface area contributed by atoms with E-state index in [9.17, 15) is 4.79 Å². The number of hydrogen-bond donors (Lipinski definition) is 1. The maximum Gasteiger partial charge on any atom is 0.223 e. The van der Waals surface area contributed by atoms with Crippen LogP contribution in [0, 0.1) is 35.0 Å². The van der Waals surface area contributed by atoms with E-state index >= 15 is 0 Å². The number of carbonyl (C=O) groups is 1. The Labute approximate surface area is 143 Å². The molecule has 5 atom stereocenters. The van der Waals surface area contributed by atoms with Gasteiger partial charge in [0.25, 0.3) is 0 Å². The molecule has 2 nitrogen and oxygen atoms in total. The molecule has 0 radical (unpaired) electrons. The van der Waals surface area contributed by atoms with Gasteiger partial charge >= 0.3 is 0 Å². The molecule has 2 fully saturated rings. The van der Waals surface area contributed by atoms with E-state index in [1.807, 2.05) is 0 Å². The fraction of sp³-hybridized carbons (Fsp3) is 0.857. The second-order valence-corrected chi connectivity index (χ2v) is 9.40. The number of nitrogens with one attached hydrogen (secondary N) is 1. The van der Waals surface area contributed by atoms with Crippen LogP contribution in [0.2, 0.25) is 0 Å². The lowest BCUT2D eigenvalue weighted by atomic mass is 9.54. The van der Waals surface area contributed by atoms with Gasteiger partial charge in [0.2, 0.25) is 5.91 Å². The Balaban J connectivity index is 2.00. The largest absolute Gasteiger partial charge is 0.353 e. The second kappa shape index (κ2) is 6.99. The summed E-state index contributed by atoms with van der Waals surface area (Å²) in [5.74, 6) is 3.07. The Morgan fingerprint density at radius 2 is 1.83 bits per heavy atom. The third-order valence-electron chi connectivity index (χ3n) is 6.54. The minimum atomic E-state index is 0.0922. The highest BCUT2D eigenvalue weighted by molar-refractivity contribution is 5.81. The molecular weight excluding hydrogens is 282 g/mol. The van der Waals surface area contributed by atoms with Crippen LogP contribution < -0.4 is 5.32 Å². The van der Waals surface area contributed by atoms with E-state index in [1.54, 1.807) is 0 Å². The molecule has 132 valence electrons. The quantitative estimate of drug-likeness (QED) is 0.710. The third kappa shape index (κ3) is 4.00. The Hall–Kier alpha value is -0.790. The van der Waals surface area contributed by atoms with Crippen molar-refractivity contribution in [2.45, 2.75) is 80.2 Å². The summed E-state index contributed by atoms with van der Waals surface area (Å²) in [6.45, 7) is 15.8. The number of amides is 1. The van der Waals surface area contributed by atoms with Crippen LogP contribution in [0.15, 0.2) is 11.6 Å². The van der Waals surface area contributed by atoms with Gasteiger partial charge in [-0.15, -0.1) is 0 Å². The molecule has 1 amide bonds. The van der Waals surface area contributed by atoms with Crippen LogP contribution in [0.25, 0.3) is 0 Å². The van der Waals surface area contributed by atoms with Crippen molar-refractivity contribution in [2.75, 3.05) is 0 Å². The molecule has 0 bridgehead atoms. The zero-order valence-electron chi connectivity index (χ0n) is 16.3. The summed E-state index contributed by atoms with van der Waals surface area (Å²) >= 11 is 0. The van der Waals surface area contributed by atoms with Crippen molar-refractivity contribution >= 4 is 5.91 Å². The minimum absolute atomic E-state index is 0.0922. The van der Waals surface area contributed by atoms with E-state index in [2.05, 4.69) is 59.9 Å². The maximum absolute atomic E-state index is 12.9. The number of hydrogen-bond acceptors (Lipinski definition) is 1. The number of rotatable bonds is 4. The predicted molar refractivity (Wildman–Crippen MR) is 98.1 cm³/mol. The fourth-order valence-corrected chi connectivity index (χ4v) is 4.74. The van der Waals surface area contributed by atoms with Crippen LogP contribution in [0.5, 0.6) is 0 Å². The van der Waals surface area contributed by atoms with Gasteiger partial charge in [0.15, 0.2) is 0 Å². The van der Waals surface area contributed by atoms with Gasteiger partial charge in [-0.3, -0.25) is 4.79 Å². The Morgan fingerprint density at radius 1 is 1.17 bits per heavy atom. The fourth-order valence-electron chi connectivity index (χ4n) is 4.74. The van der Waals surface area contributed by atoms with Crippen LogP contribution in [0.4, 0.5) is 0 Å². The van der Waals surface area contributed by atoms with Crippen molar-refractivity contribution in [3.63, 3.8) is 0 Å². The minimum Gasteiger partial charge on any atom is -0.353 e. The predicted octanol–water partition coefficient (Wildman–Crippen LogP) is 5.19. The summed E-state index contributed by atoms with van der Waals surface area (Å²) in [5.41, 5.74) is 1.46. The molecule has 2 aliphatic rings. The molecule has 1 N–H and O–H groups in total. The number of allylic oxidation sites excluding steroid dienone is 2. The van der Waals surface area contributed by atoms with Crippen molar-refractivity contribution in [3.8, 4) is 0 Å². The Morgan fingerprint density at radius 3 is 2.35 bits per heavy atom. The summed E-state index contributed by atoms with van der Waals surface area (Å²) < 4.78 is 0. The molecule has 2 saturated carbocycles. The van der Waals surface area contributed by atoms with Gasteiger partial charge in [0.1, 0.15) is 0 Å². The highest BCUT2D eigenvalue weighted by atomic mass is 16.2. The summed E-state index contributed by atoms with van der Waals surface area (Å²) in [6.07, 6.45) is 7.09. The Bertz CT molecular complexity index is 458.